The molecule has 0 spiro atoms. The quantitative estimate of drug-likeness (QED) is 0.536. The first-order valence-corrected chi connectivity index (χ1v) is 6.77. The molecule has 1 aliphatic rings. The lowest BCUT2D eigenvalue weighted by atomic mass is 10.1. The average Bonchev–Trinajstić information content (AvgIpc) is 2.51. The van der Waals surface area contributed by atoms with Crippen molar-refractivity contribution < 1.29 is 23.4 Å². The molecule has 2 N–H and O–H groups in total. The highest BCUT2D eigenvalue weighted by atomic mass is 19.2. The number of nitrogens with one attached hydrogen (secondary N) is 1. The number of halogens is 2. The summed E-state index contributed by atoms with van der Waals surface area (Å²) >= 11 is 0. The summed E-state index contributed by atoms with van der Waals surface area (Å²) in [5.74, 6) is -2.19. The number of hydrogen-bond donors (Lipinski definition) is 2. The fraction of sp³-hybridized carbons (Fsp3) is 0. The summed E-state index contributed by atoms with van der Waals surface area (Å²) in [6.07, 6.45) is 0. The van der Waals surface area contributed by atoms with Crippen molar-refractivity contribution in [2.24, 2.45) is 0 Å². The van der Waals surface area contributed by atoms with E-state index in [1.54, 1.807) is 24.3 Å². The van der Waals surface area contributed by atoms with Gasteiger partial charge >= 0.3 is 5.97 Å². The van der Waals surface area contributed by atoms with Crippen LogP contribution in [0.3, 0.4) is 0 Å². The van der Waals surface area contributed by atoms with Gasteiger partial charge in [-0.15, -0.1) is 0 Å². The zero-order chi connectivity index (χ0) is 16.1. The molecule has 0 unspecified atom stereocenters. The lowest BCUT2D eigenvalue weighted by molar-refractivity contribution is 0.0697. The number of fused-ring (bicyclic) bond motifs is 3. The van der Waals surface area contributed by atoms with Gasteiger partial charge in [-0.3, -0.25) is 0 Å². The van der Waals surface area contributed by atoms with Crippen LogP contribution in [0, 0.1) is 11.6 Å². The highest BCUT2D eigenvalue weighted by Crippen LogP contribution is 2.45. The maximum Gasteiger partial charge on any atom is 0.337 e. The summed E-state index contributed by atoms with van der Waals surface area (Å²) in [6.45, 7) is 0. The molecule has 1 heterocycles. The number of carboxylic acids is 1. The van der Waals surface area contributed by atoms with Gasteiger partial charge in [0.05, 0.1) is 16.9 Å². The number of para-hydroxylation sites is 1. The van der Waals surface area contributed by atoms with Gasteiger partial charge in [-0.25, -0.2) is 13.6 Å². The number of anilines is 2. The number of benzene rings is 3. The number of carboxylic acid groups (broad SMARTS) is 1. The standard InChI is InChI=1S/C17H9F2NO3/c18-11-4-8-6-13-15(7-9(8)5-12(11)19)23-14-3-1-2-10(17(21)22)16(14)20-13/h1-7,20H,(H,21,22). The van der Waals surface area contributed by atoms with Crippen molar-refractivity contribution in [1.82, 2.24) is 0 Å². The van der Waals surface area contributed by atoms with E-state index in [0.29, 0.717) is 33.6 Å². The molecule has 1 aliphatic heterocycles. The number of carbonyl (C=O) groups is 1. The third kappa shape index (κ3) is 2.07. The zero-order valence-electron chi connectivity index (χ0n) is 11.6. The molecule has 0 saturated heterocycles. The molecule has 0 amide bonds. The Labute approximate surface area is 128 Å². The molecule has 4 rings (SSSR count). The lowest BCUT2D eigenvalue weighted by Crippen LogP contribution is -2.08. The van der Waals surface area contributed by atoms with Crippen LogP contribution >= 0.6 is 0 Å². The van der Waals surface area contributed by atoms with Gasteiger partial charge in [0, 0.05) is 0 Å². The molecule has 0 radical (unpaired) electrons. The SMILES string of the molecule is O=C(O)c1cccc2c1Nc1cc3cc(F)c(F)cc3cc1O2. The minimum absolute atomic E-state index is 0.0681. The van der Waals surface area contributed by atoms with E-state index in [1.807, 2.05) is 0 Å². The Kier molecular flexibility index (Phi) is 2.74. The van der Waals surface area contributed by atoms with Crippen LogP contribution in [0.2, 0.25) is 0 Å². The van der Waals surface area contributed by atoms with Gasteiger partial charge in [0.1, 0.15) is 0 Å². The van der Waals surface area contributed by atoms with Gasteiger partial charge in [0.15, 0.2) is 23.1 Å². The average molecular weight is 313 g/mol. The molecule has 0 aliphatic carbocycles. The van der Waals surface area contributed by atoms with Gasteiger partial charge in [0.25, 0.3) is 0 Å². The van der Waals surface area contributed by atoms with Crippen molar-refractivity contribution in [3.05, 3.63) is 59.7 Å². The molecule has 0 fully saturated rings. The fourth-order valence-corrected chi connectivity index (χ4v) is 2.63. The molecule has 0 atom stereocenters. The van der Waals surface area contributed by atoms with E-state index in [-0.39, 0.29) is 5.56 Å². The van der Waals surface area contributed by atoms with Crippen LogP contribution in [-0.4, -0.2) is 11.1 Å². The van der Waals surface area contributed by atoms with Crippen molar-refractivity contribution in [2.75, 3.05) is 5.32 Å². The maximum absolute atomic E-state index is 13.4. The van der Waals surface area contributed by atoms with Crippen LogP contribution < -0.4 is 10.1 Å². The van der Waals surface area contributed by atoms with Gasteiger partial charge in [-0.2, -0.15) is 0 Å². The first kappa shape index (κ1) is 13.5. The van der Waals surface area contributed by atoms with Crippen molar-refractivity contribution in [3.63, 3.8) is 0 Å². The van der Waals surface area contributed by atoms with Gasteiger partial charge in [-0.1, -0.05) is 6.07 Å². The monoisotopic (exact) mass is 313 g/mol. The molecule has 114 valence electrons. The Bertz CT molecular complexity index is 985. The van der Waals surface area contributed by atoms with E-state index >= 15 is 0 Å². The Hall–Kier alpha value is -3.15. The zero-order valence-corrected chi connectivity index (χ0v) is 11.6. The van der Waals surface area contributed by atoms with E-state index in [1.165, 1.54) is 6.07 Å². The summed E-state index contributed by atoms with van der Waals surface area (Å²) in [4.78, 5) is 11.3. The molecule has 0 bridgehead atoms. The summed E-state index contributed by atoms with van der Waals surface area (Å²) in [6, 6.07) is 10.0. The van der Waals surface area contributed by atoms with Crippen LogP contribution in [0.15, 0.2) is 42.5 Å². The van der Waals surface area contributed by atoms with E-state index in [0.717, 1.165) is 12.1 Å². The number of rotatable bonds is 1. The molecule has 3 aromatic carbocycles. The van der Waals surface area contributed by atoms with Crippen molar-refractivity contribution in [2.45, 2.75) is 0 Å². The molecule has 23 heavy (non-hydrogen) atoms. The van der Waals surface area contributed by atoms with Crippen molar-refractivity contribution >= 4 is 28.1 Å². The molecule has 0 aromatic heterocycles. The minimum Gasteiger partial charge on any atom is -0.478 e. The third-order valence-corrected chi connectivity index (χ3v) is 3.71. The molecule has 0 saturated carbocycles. The van der Waals surface area contributed by atoms with Crippen LogP contribution in [0.4, 0.5) is 20.2 Å². The Morgan fingerprint density at radius 1 is 1.00 bits per heavy atom. The highest BCUT2D eigenvalue weighted by molar-refractivity contribution is 5.99. The van der Waals surface area contributed by atoms with E-state index in [2.05, 4.69) is 5.32 Å². The summed E-state index contributed by atoms with van der Waals surface area (Å²) in [7, 11) is 0. The highest BCUT2D eigenvalue weighted by Gasteiger charge is 2.22. The third-order valence-electron chi connectivity index (χ3n) is 3.71. The number of ether oxygens (including phenoxy) is 1. The molecule has 4 nitrogen and oxygen atoms in total. The predicted octanol–water partition coefficient (Wildman–Crippen LogP) is 4.67. The summed E-state index contributed by atoms with van der Waals surface area (Å²) in [5.41, 5.74) is 0.887. The van der Waals surface area contributed by atoms with Crippen LogP contribution in [-0.2, 0) is 0 Å². The normalized spacial score (nSPS) is 12.1. The van der Waals surface area contributed by atoms with Crippen LogP contribution in [0.1, 0.15) is 10.4 Å². The Morgan fingerprint density at radius 3 is 2.39 bits per heavy atom. The van der Waals surface area contributed by atoms with Crippen molar-refractivity contribution in [3.8, 4) is 11.5 Å². The van der Waals surface area contributed by atoms with Crippen molar-refractivity contribution in [1.29, 1.82) is 0 Å². The fourth-order valence-electron chi connectivity index (χ4n) is 2.63. The molecule has 6 heteroatoms. The summed E-state index contributed by atoms with van der Waals surface area (Å²) in [5, 5.41) is 13.2. The Morgan fingerprint density at radius 2 is 1.70 bits per heavy atom. The van der Waals surface area contributed by atoms with Gasteiger partial charge in [0.2, 0.25) is 0 Å². The smallest absolute Gasteiger partial charge is 0.337 e. The Balaban J connectivity index is 1.90. The van der Waals surface area contributed by atoms with Crippen LogP contribution in [0.5, 0.6) is 11.5 Å². The lowest BCUT2D eigenvalue weighted by Gasteiger charge is -2.23. The second kappa shape index (κ2) is 4.67. The number of aromatic carboxylic acids is 1. The first-order valence-electron chi connectivity index (χ1n) is 6.77. The van der Waals surface area contributed by atoms with Gasteiger partial charge in [-0.05, 0) is 47.2 Å². The second-order valence-electron chi connectivity index (χ2n) is 5.17. The maximum atomic E-state index is 13.4. The largest absolute Gasteiger partial charge is 0.478 e. The second-order valence-corrected chi connectivity index (χ2v) is 5.17. The van der Waals surface area contributed by atoms with E-state index in [9.17, 15) is 18.7 Å². The van der Waals surface area contributed by atoms with Gasteiger partial charge < -0.3 is 15.2 Å². The molecular formula is C17H9F2NO3. The first-order chi connectivity index (χ1) is 11.0. The van der Waals surface area contributed by atoms with E-state index in [4.69, 9.17) is 4.74 Å². The summed E-state index contributed by atoms with van der Waals surface area (Å²) < 4.78 is 32.5. The van der Waals surface area contributed by atoms with E-state index < -0.39 is 17.6 Å². The molecular weight excluding hydrogens is 304 g/mol. The predicted molar refractivity (Wildman–Crippen MR) is 80.6 cm³/mol. The minimum atomic E-state index is -1.09. The van der Waals surface area contributed by atoms with Crippen LogP contribution in [0.25, 0.3) is 10.8 Å². The number of hydrogen-bond acceptors (Lipinski definition) is 3. The topological polar surface area (TPSA) is 58.6 Å². The molecule has 3 aromatic rings.